The van der Waals surface area contributed by atoms with Crippen LogP contribution in [0.2, 0.25) is 0 Å². The van der Waals surface area contributed by atoms with Crippen LogP contribution >= 0.6 is 11.8 Å². The summed E-state index contributed by atoms with van der Waals surface area (Å²) in [6, 6.07) is 0.593. The molecule has 1 aliphatic rings. The van der Waals surface area contributed by atoms with E-state index in [4.69, 9.17) is 4.74 Å². The average Bonchev–Trinajstić information content (AvgIpc) is 2.35. The van der Waals surface area contributed by atoms with Crippen molar-refractivity contribution >= 4 is 17.7 Å². The van der Waals surface area contributed by atoms with Crippen molar-refractivity contribution in [2.24, 2.45) is 5.92 Å². The quantitative estimate of drug-likeness (QED) is 0.753. The lowest BCUT2D eigenvalue weighted by Gasteiger charge is -2.28. The third kappa shape index (κ3) is 4.34. The van der Waals surface area contributed by atoms with Crippen molar-refractivity contribution in [2.45, 2.75) is 43.9 Å². The summed E-state index contributed by atoms with van der Waals surface area (Å²) in [6.07, 6.45) is 7.26. The molecule has 1 atom stereocenters. The van der Waals surface area contributed by atoms with Crippen molar-refractivity contribution in [2.75, 3.05) is 19.9 Å². The van der Waals surface area contributed by atoms with Gasteiger partial charge < -0.3 is 10.1 Å². The highest BCUT2D eigenvalue weighted by molar-refractivity contribution is 7.99. The summed E-state index contributed by atoms with van der Waals surface area (Å²) in [7, 11) is 1.45. The van der Waals surface area contributed by atoms with Crippen molar-refractivity contribution in [1.82, 2.24) is 5.32 Å². The minimum Gasteiger partial charge on any atom is -0.469 e. The van der Waals surface area contributed by atoms with Crippen LogP contribution in [0.4, 0.5) is 0 Å². The number of nitrogens with one attached hydrogen (secondary N) is 1. The fraction of sp³-hybridized carbons (Fsp3) is 0.917. The van der Waals surface area contributed by atoms with Crippen LogP contribution < -0.4 is 5.32 Å². The number of methoxy groups -OCH3 is 1. The molecule has 0 aromatic carbocycles. The van der Waals surface area contributed by atoms with E-state index in [0.717, 1.165) is 11.8 Å². The van der Waals surface area contributed by atoms with Gasteiger partial charge in [-0.1, -0.05) is 6.92 Å². The van der Waals surface area contributed by atoms with Crippen LogP contribution in [0.5, 0.6) is 0 Å². The molecule has 0 amide bonds. The zero-order valence-electron chi connectivity index (χ0n) is 10.5. The van der Waals surface area contributed by atoms with Gasteiger partial charge in [-0.25, -0.2) is 0 Å². The summed E-state index contributed by atoms with van der Waals surface area (Å²) in [4.78, 5) is 11.2. The molecule has 3 nitrogen and oxygen atoms in total. The molecule has 1 unspecified atom stereocenters. The second-order valence-electron chi connectivity index (χ2n) is 4.54. The smallest absolute Gasteiger partial charge is 0.309 e. The standard InChI is InChI=1S/C12H23NO2S/c1-9(12(14)15-2)8-13-10-4-6-11(16-3)7-5-10/h9-11,13H,4-8H2,1-3H3. The maximum atomic E-state index is 11.2. The predicted molar refractivity (Wildman–Crippen MR) is 68.7 cm³/mol. The van der Waals surface area contributed by atoms with Gasteiger partial charge in [0.1, 0.15) is 0 Å². The number of carbonyl (C=O) groups is 1. The van der Waals surface area contributed by atoms with E-state index in [2.05, 4.69) is 11.6 Å². The first-order valence-corrected chi connectivity index (χ1v) is 7.30. The lowest BCUT2D eigenvalue weighted by molar-refractivity contribution is -0.144. The number of esters is 1. The maximum Gasteiger partial charge on any atom is 0.309 e. The fourth-order valence-corrected chi connectivity index (χ4v) is 2.87. The number of hydrogen-bond donors (Lipinski definition) is 1. The van der Waals surface area contributed by atoms with E-state index >= 15 is 0 Å². The zero-order chi connectivity index (χ0) is 12.0. The molecular formula is C12H23NO2S. The molecule has 0 aromatic rings. The van der Waals surface area contributed by atoms with E-state index in [1.165, 1.54) is 32.8 Å². The lowest BCUT2D eigenvalue weighted by atomic mass is 9.94. The van der Waals surface area contributed by atoms with Crippen molar-refractivity contribution in [3.63, 3.8) is 0 Å². The van der Waals surface area contributed by atoms with Gasteiger partial charge in [0.15, 0.2) is 0 Å². The number of thioether (sulfide) groups is 1. The number of carbonyl (C=O) groups excluding carboxylic acids is 1. The zero-order valence-corrected chi connectivity index (χ0v) is 11.3. The monoisotopic (exact) mass is 245 g/mol. The average molecular weight is 245 g/mol. The Bertz CT molecular complexity index is 215. The van der Waals surface area contributed by atoms with Gasteiger partial charge in [-0.05, 0) is 31.9 Å². The first-order valence-electron chi connectivity index (χ1n) is 6.01. The molecular weight excluding hydrogens is 222 g/mol. The van der Waals surface area contributed by atoms with Crippen LogP contribution in [-0.2, 0) is 9.53 Å². The van der Waals surface area contributed by atoms with E-state index in [-0.39, 0.29) is 11.9 Å². The van der Waals surface area contributed by atoms with E-state index in [1.807, 2.05) is 18.7 Å². The molecule has 0 spiro atoms. The van der Waals surface area contributed by atoms with E-state index in [9.17, 15) is 4.79 Å². The summed E-state index contributed by atoms with van der Waals surface area (Å²) < 4.78 is 4.70. The molecule has 1 rings (SSSR count). The Kier molecular flexibility index (Phi) is 6.21. The highest BCUT2D eigenvalue weighted by Crippen LogP contribution is 2.26. The van der Waals surface area contributed by atoms with Crippen LogP contribution in [0.3, 0.4) is 0 Å². The topological polar surface area (TPSA) is 38.3 Å². The summed E-state index contributed by atoms with van der Waals surface area (Å²) in [6.45, 7) is 2.65. The Balaban J connectivity index is 2.17. The number of ether oxygens (including phenoxy) is 1. The first kappa shape index (κ1) is 13.8. The Hall–Kier alpha value is -0.220. The van der Waals surface area contributed by atoms with Gasteiger partial charge in [-0.3, -0.25) is 4.79 Å². The summed E-state index contributed by atoms with van der Waals surface area (Å²) in [5.41, 5.74) is 0. The summed E-state index contributed by atoms with van der Waals surface area (Å²) >= 11 is 1.98. The van der Waals surface area contributed by atoms with E-state index < -0.39 is 0 Å². The molecule has 1 N–H and O–H groups in total. The fourth-order valence-electron chi connectivity index (χ4n) is 2.13. The van der Waals surface area contributed by atoms with Crippen LogP contribution in [-0.4, -0.2) is 37.2 Å². The summed E-state index contributed by atoms with van der Waals surface area (Å²) in [5, 5.41) is 4.31. The second kappa shape index (κ2) is 7.17. The molecule has 16 heavy (non-hydrogen) atoms. The Labute approximate surface area is 103 Å². The third-order valence-electron chi connectivity index (χ3n) is 3.32. The van der Waals surface area contributed by atoms with Gasteiger partial charge in [0.2, 0.25) is 0 Å². The SMILES string of the molecule is COC(=O)C(C)CNC1CCC(SC)CC1. The summed E-state index contributed by atoms with van der Waals surface area (Å²) in [5.74, 6) is -0.159. The molecule has 0 radical (unpaired) electrons. The third-order valence-corrected chi connectivity index (χ3v) is 4.46. The van der Waals surface area contributed by atoms with Crippen molar-refractivity contribution < 1.29 is 9.53 Å². The molecule has 0 aromatic heterocycles. The van der Waals surface area contributed by atoms with Crippen molar-refractivity contribution in [3.8, 4) is 0 Å². The largest absolute Gasteiger partial charge is 0.469 e. The second-order valence-corrected chi connectivity index (χ2v) is 5.68. The van der Waals surface area contributed by atoms with Gasteiger partial charge in [0.05, 0.1) is 13.0 Å². The molecule has 0 bridgehead atoms. The molecule has 94 valence electrons. The highest BCUT2D eigenvalue weighted by Gasteiger charge is 2.21. The van der Waals surface area contributed by atoms with Gasteiger partial charge in [-0.2, -0.15) is 11.8 Å². The van der Waals surface area contributed by atoms with E-state index in [1.54, 1.807) is 0 Å². The maximum absolute atomic E-state index is 11.2. The van der Waals surface area contributed by atoms with Crippen molar-refractivity contribution in [1.29, 1.82) is 0 Å². The minimum atomic E-state index is -0.120. The normalized spacial score (nSPS) is 27.4. The van der Waals surface area contributed by atoms with Gasteiger partial charge in [-0.15, -0.1) is 0 Å². The molecule has 4 heteroatoms. The molecule has 0 saturated heterocycles. The lowest BCUT2D eigenvalue weighted by Crippen LogP contribution is -2.38. The van der Waals surface area contributed by atoms with Crippen LogP contribution in [0.1, 0.15) is 32.6 Å². The molecule has 0 aliphatic heterocycles. The highest BCUT2D eigenvalue weighted by atomic mass is 32.2. The van der Waals surface area contributed by atoms with Gasteiger partial charge >= 0.3 is 5.97 Å². The van der Waals surface area contributed by atoms with Crippen LogP contribution in [0, 0.1) is 5.92 Å². The number of rotatable bonds is 5. The molecule has 1 fully saturated rings. The van der Waals surface area contributed by atoms with Gasteiger partial charge in [0, 0.05) is 17.8 Å². The van der Waals surface area contributed by atoms with Crippen LogP contribution in [0.15, 0.2) is 0 Å². The Morgan fingerprint density at radius 1 is 1.44 bits per heavy atom. The first-order chi connectivity index (χ1) is 7.67. The molecule has 1 saturated carbocycles. The predicted octanol–water partition coefficient (Wildman–Crippen LogP) is 2.06. The Morgan fingerprint density at radius 3 is 2.56 bits per heavy atom. The Morgan fingerprint density at radius 2 is 2.06 bits per heavy atom. The van der Waals surface area contributed by atoms with Gasteiger partial charge in [0.25, 0.3) is 0 Å². The van der Waals surface area contributed by atoms with E-state index in [0.29, 0.717) is 6.04 Å². The molecule has 0 heterocycles. The van der Waals surface area contributed by atoms with Crippen molar-refractivity contribution in [3.05, 3.63) is 0 Å². The number of hydrogen-bond acceptors (Lipinski definition) is 4. The van der Waals surface area contributed by atoms with Crippen LogP contribution in [0.25, 0.3) is 0 Å². The minimum absolute atomic E-state index is 0.0386. The molecule has 1 aliphatic carbocycles.